The minimum atomic E-state index is 0.349. The van der Waals surface area contributed by atoms with Crippen LogP contribution in [0.2, 0.25) is 0 Å². The van der Waals surface area contributed by atoms with E-state index in [2.05, 4.69) is 36.1 Å². The van der Waals surface area contributed by atoms with Crippen LogP contribution in [0.4, 0.5) is 0 Å². The Balaban J connectivity index is 1.79. The summed E-state index contributed by atoms with van der Waals surface area (Å²) in [6, 6.07) is 18.3. The highest BCUT2D eigenvalue weighted by molar-refractivity contribution is 6.19. The topological polar surface area (TPSA) is 9.23 Å². The minimum Gasteiger partial charge on any atom is -0.494 e. The highest BCUT2D eigenvalue weighted by Crippen LogP contribution is 2.13. The predicted molar refractivity (Wildman–Crippen MR) is 84.3 cm³/mol. The van der Waals surface area contributed by atoms with Crippen LogP contribution in [0, 0.1) is 11.8 Å². The first-order valence-electron chi connectivity index (χ1n) is 6.70. The second kappa shape index (κ2) is 8.30. The maximum absolute atomic E-state index is 5.75. The summed E-state index contributed by atoms with van der Waals surface area (Å²) in [4.78, 5) is 0. The molecule has 0 N–H and O–H groups in total. The molecular weight excluding hydrogens is 268 g/mol. The third-order valence-electron chi connectivity index (χ3n) is 2.85. The highest BCUT2D eigenvalue weighted by Gasteiger charge is 1.96. The van der Waals surface area contributed by atoms with Crippen molar-refractivity contribution in [2.45, 2.75) is 12.8 Å². The molecule has 1 nitrogen and oxygen atoms in total. The van der Waals surface area contributed by atoms with Gasteiger partial charge in [0.2, 0.25) is 0 Å². The monoisotopic (exact) mass is 284 g/mol. The van der Waals surface area contributed by atoms with Crippen LogP contribution in [0.5, 0.6) is 5.75 Å². The Kier molecular flexibility index (Phi) is 6.02. The summed E-state index contributed by atoms with van der Waals surface area (Å²) in [6.07, 6.45) is 2.04. The number of benzene rings is 2. The smallest absolute Gasteiger partial charge is 0.120 e. The molecule has 20 heavy (non-hydrogen) atoms. The Morgan fingerprint density at radius 1 is 1.00 bits per heavy atom. The summed E-state index contributed by atoms with van der Waals surface area (Å²) in [7, 11) is 0. The van der Waals surface area contributed by atoms with Crippen LogP contribution in [0.3, 0.4) is 0 Å². The number of ether oxygens (including phenoxy) is 1. The summed E-state index contributed by atoms with van der Waals surface area (Å²) in [5.74, 6) is 7.04. The van der Waals surface area contributed by atoms with E-state index in [0.29, 0.717) is 12.5 Å². The molecule has 0 amide bonds. The Morgan fingerprint density at radius 2 is 1.85 bits per heavy atom. The summed E-state index contributed by atoms with van der Waals surface area (Å²) >= 11 is 5.55. The van der Waals surface area contributed by atoms with Crippen LogP contribution in [-0.2, 0) is 6.42 Å². The van der Waals surface area contributed by atoms with Crippen molar-refractivity contribution in [2.24, 2.45) is 0 Å². The van der Waals surface area contributed by atoms with E-state index in [1.807, 2.05) is 30.3 Å². The highest BCUT2D eigenvalue weighted by atomic mass is 35.5. The quantitative estimate of drug-likeness (QED) is 0.452. The van der Waals surface area contributed by atoms with Gasteiger partial charge in [0.05, 0.1) is 12.5 Å². The van der Waals surface area contributed by atoms with Gasteiger partial charge in [-0.15, -0.1) is 11.6 Å². The molecule has 102 valence electrons. The molecule has 0 saturated carbocycles. The SMILES string of the molecule is ClCC#Cc1cccc(OCCCc2ccccc2)c1. The average Bonchev–Trinajstić information content (AvgIpc) is 2.51. The molecule has 0 saturated heterocycles. The molecule has 0 radical (unpaired) electrons. The van der Waals surface area contributed by atoms with E-state index in [4.69, 9.17) is 16.3 Å². The molecule has 2 heteroatoms. The fraction of sp³-hybridized carbons (Fsp3) is 0.222. The molecule has 0 spiro atoms. The van der Waals surface area contributed by atoms with E-state index >= 15 is 0 Å². The predicted octanol–water partition coefficient (Wildman–Crippen LogP) is 4.29. The lowest BCUT2D eigenvalue weighted by Gasteiger charge is -2.06. The minimum absolute atomic E-state index is 0.349. The van der Waals surface area contributed by atoms with Crippen molar-refractivity contribution in [3.8, 4) is 17.6 Å². The number of hydrogen-bond acceptors (Lipinski definition) is 1. The largest absolute Gasteiger partial charge is 0.494 e. The maximum atomic E-state index is 5.75. The van der Waals surface area contributed by atoms with Gasteiger partial charge in [-0.05, 0) is 36.6 Å². The maximum Gasteiger partial charge on any atom is 0.120 e. The zero-order valence-corrected chi connectivity index (χ0v) is 12.1. The molecular formula is C18H17ClO. The van der Waals surface area contributed by atoms with Crippen molar-refractivity contribution >= 4 is 11.6 Å². The molecule has 2 aromatic carbocycles. The first kappa shape index (κ1) is 14.5. The van der Waals surface area contributed by atoms with Crippen LogP contribution >= 0.6 is 11.6 Å². The van der Waals surface area contributed by atoms with Crippen molar-refractivity contribution in [3.63, 3.8) is 0 Å². The van der Waals surface area contributed by atoms with Gasteiger partial charge in [-0.2, -0.15) is 0 Å². The van der Waals surface area contributed by atoms with Gasteiger partial charge in [-0.25, -0.2) is 0 Å². The van der Waals surface area contributed by atoms with E-state index in [-0.39, 0.29) is 0 Å². The van der Waals surface area contributed by atoms with Crippen molar-refractivity contribution < 1.29 is 4.74 Å². The third-order valence-corrected chi connectivity index (χ3v) is 2.99. The summed E-state index contributed by atoms with van der Waals surface area (Å²) < 4.78 is 5.75. The lowest BCUT2D eigenvalue weighted by molar-refractivity contribution is 0.311. The van der Waals surface area contributed by atoms with Gasteiger partial charge in [0, 0.05) is 5.56 Å². The second-order valence-corrected chi connectivity index (χ2v) is 4.67. The lowest BCUT2D eigenvalue weighted by Crippen LogP contribution is -1.99. The molecule has 0 aliphatic heterocycles. The number of halogens is 1. The first-order chi connectivity index (χ1) is 9.88. The van der Waals surface area contributed by atoms with E-state index in [9.17, 15) is 0 Å². The number of aryl methyl sites for hydroxylation is 1. The van der Waals surface area contributed by atoms with Crippen LogP contribution < -0.4 is 4.74 Å². The summed E-state index contributed by atoms with van der Waals surface area (Å²) in [5.41, 5.74) is 2.28. The van der Waals surface area contributed by atoms with Crippen molar-refractivity contribution in [1.82, 2.24) is 0 Å². The molecule has 0 atom stereocenters. The normalized spacial score (nSPS) is 9.65. The fourth-order valence-corrected chi connectivity index (χ4v) is 1.98. The van der Waals surface area contributed by atoms with E-state index in [1.54, 1.807) is 0 Å². The molecule has 0 aliphatic carbocycles. The standard InChI is InChI=1S/C18H17ClO/c19-13-5-10-17-9-4-12-18(15-17)20-14-6-11-16-7-2-1-3-8-16/h1-4,7-9,12,15H,6,11,13-14H2. The number of alkyl halides is 1. The van der Waals surface area contributed by atoms with E-state index < -0.39 is 0 Å². The fourth-order valence-electron chi connectivity index (χ4n) is 1.91. The Hall–Kier alpha value is -1.91. The van der Waals surface area contributed by atoms with Crippen molar-refractivity contribution in [2.75, 3.05) is 12.5 Å². The second-order valence-electron chi connectivity index (χ2n) is 4.40. The number of rotatable bonds is 5. The number of hydrogen-bond donors (Lipinski definition) is 0. The molecule has 0 bridgehead atoms. The van der Waals surface area contributed by atoms with Gasteiger partial charge >= 0.3 is 0 Å². The van der Waals surface area contributed by atoms with Gasteiger partial charge < -0.3 is 4.74 Å². The van der Waals surface area contributed by atoms with Crippen molar-refractivity contribution in [1.29, 1.82) is 0 Å². The Labute approximate surface area is 125 Å². The van der Waals surface area contributed by atoms with Gasteiger partial charge in [-0.3, -0.25) is 0 Å². The van der Waals surface area contributed by atoms with Gasteiger partial charge in [0.1, 0.15) is 5.75 Å². The Bertz CT molecular complexity index is 581. The molecule has 0 aliphatic rings. The molecule has 0 fully saturated rings. The zero-order valence-electron chi connectivity index (χ0n) is 11.3. The van der Waals surface area contributed by atoms with Gasteiger partial charge in [0.15, 0.2) is 0 Å². The van der Waals surface area contributed by atoms with Crippen LogP contribution in [0.25, 0.3) is 0 Å². The average molecular weight is 285 g/mol. The van der Waals surface area contributed by atoms with Crippen LogP contribution in [0.15, 0.2) is 54.6 Å². The van der Waals surface area contributed by atoms with E-state index in [1.165, 1.54) is 5.56 Å². The summed E-state index contributed by atoms with van der Waals surface area (Å²) in [5, 5.41) is 0. The Morgan fingerprint density at radius 3 is 2.65 bits per heavy atom. The zero-order chi connectivity index (χ0) is 14.0. The molecule has 0 aromatic heterocycles. The summed E-state index contributed by atoms with van der Waals surface area (Å²) in [6.45, 7) is 0.710. The first-order valence-corrected chi connectivity index (χ1v) is 7.23. The van der Waals surface area contributed by atoms with Crippen molar-refractivity contribution in [3.05, 3.63) is 65.7 Å². The van der Waals surface area contributed by atoms with Crippen LogP contribution in [-0.4, -0.2) is 12.5 Å². The molecule has 2 rings (SSSR count). The molecule has 0 unspecified atom stereocenters. The molecule has 0 heterocycles. The third kappa shape index (κ3) is 4.99. The van der Waals surface area contributed by atoms with Crippen LogP contribution in [0.1, 0.15) is 17.5 Å². The van der Waals surface area contributed by atoms with Gasteiger partial charge in [0.25, 0.3) is 0 Å². The molecule has 2 aromatic rings. The van der Waals surface area contributed by atoms with E-state index in [0.717, 1.165) is 24.2 Å². The van der Waals surface area contributed by atoms with Gasteiger partial charge in [-0.1, -0.05) is 48.2 Å². The lowest BCUT2D eigenvalue weighted by atomic mass is 10.1.